The van der Waals surface area contributed by atoms with Gasteiger partial charge in [0, 0.05) is 17.1 Å². The van der Waals surface area contributed by atoms with Crippen molar-refractivity contribution in [2.24, 2.45) is 0 Å². The van der Waals surface area contributed by atoms with Crippen LogP contribution >= 0.6 is 23.2 Å². The van der Waals surface area contributed by atoms with Crippen molar-refractivity contribution in [3.8, 4) is 0 Å². The summed E-state index contributed by atoms with van der Waals surface area (Å²) in [6.07, 6.45) is -4.46. The Morgan fingerprint density at radius 3 is 2.33 bits per heavy atom. The van der Waals surface area contributed by atoms with Crippen molar-refractivity contribution in [3.05, 3.63) is 63.4 Å². The van der Waals surface area contributed by atoms with E-state index in [9.17, 15) is 17.6 Å². The summed E-state index contributed by atoms with van der Waals surface area (Å²) < 4.78 is 51.0. The second-order valence-corrected chi connectivity index (χ2v) is 5.13. The van der Waals surface area contributed by atoms with E-state index in [2.05, 4.69) is 5.32 Å². The third kappa shape index (κ3) is 4.02. The van der Waals surface area contributed by atoms with Crippen LogP contribution in [0.3, 0.4) is 0 Å². The Morgan fingerprint density at radius 1 is 1.00 bits per heavy atom. The van der Waals surface area contributed by atoms with Crippen molar-refractivity contribution in [3.63, 3.8) is 0 Å². The van der Waals surface area contributed by atoms with Crippen LogP contribution in [0.25, 0.3) is 0 Å². The first-order chi connectivity index (χ1) is 9.77. The molecule has 0 spiro atoms. The van der Waals surface area contributed by atoms with Gasteiger partial charge in [0.2, 0.25) is 0 Å². The number of hydrogen-bond acceptors (Lipinski definition) is 1. The van der Waals surface area contributed by atoms with Crippen LogP contribution in [0, 0.1) is 5.82 Å². The van der Waals surface area contributed by atoms with Gasteiger partial charge < -0.3 is 5.32 Å². The van der Waals surface area contributed by atoms with Gasteiger partial charge in [0.05, 0.1) is 16.3 Å². The summed E-state index contributed by atoms with van der Waals surface area (Å²) >= 11 is 11.5. The lowest BCUT2D eigenvalue weighted by atomic mass is 10.1. The van der Waals surface area contributed by atoms with Crippen LogP contribution < -0.4 is 5.32 Å². The molecule has 2 rings (SSSR count). The number of halogens is 6. The molecule has 0 amide bonds. The highest BCUT2D eigenvalue weighted by atomic mass is 35.5. The van der Waals surface area contributed by atoms with Crippen LogP contribution in [0.1, 0.15) is 11.1 Å². The highest BCUT2D eigenvalue weighted by molar-refractivity contribution is 6.33. The maximum Gasteiger partial charge on any atom is 0.416 e. The van der Waals surface area contributed by atoms with Crippen molar-refractivity contribution >= 4 is 28.9 Å². The molecule has 2 aromatic carbocycles. The van der Waals surface area contributed by atoms with E-state index in [1.165, 1.54) is 24.3 Å². The monoisotopic (exact) mass is 337 g/mol. The van der Waals surface area contributed by atoms with Gasteiger partial charge in [-0.1, -0.05) is 23.2 Å². The summed E-state index contributed by atoms with van der Waals surface area (Å²) in [5.74, 6) is -0.463. The molecule has 0 aliphatic heterocycles. The minimum absolute atomic E-state index is 0.0531. The van der Waals surface area contributed by atoms with E-state index in [0.29, 0.717) is 10.6 Å². The van der Waals surface area contributed by atoms with Crippen molar-refractivity contribution in [1.29, 1.82) is 0 Å². The molecule has 0 aliphatic rings. The normalized spacial score (nSPS) is 11.5. The molecule has 2 aromatic rings. The van der Waals surface area contributed by atoms with E-state index in [0.717, 1.165) is 12.1 Å². The molecule has 0 radical (unpaired) electrons. The molecular weight excluding hydrogens is 329 g/mol. The SMILES string of the molecule is Fc1ccc(Cl)cc1CNc1ccc(C(F)(F)F)cc1Cl. The molecule has 0 bridgehead atoms. The fourth-order valence-corrected chi connectivity index (χ4v) is 2.15. The van der Waals surface area contributed by atoms with Gasteiger partial charge in [-0.3, -0.25) is 0 Å². The first kappa shape index (κ1) is 15.9. The molecule has 1 nitrogen and oxygen atoms in total. The summed E-state index contributed by atoms with van der Waals surface area (Å²) in [7, 11) is 0. The van der Waals surface area contributed by atoms with Gasteiger partial charge in [-0.25, -0.2) is 4.39 Å². The molecule has 0 aliphatic carbocycles. The fourth-order valence-electron chi connectivity index (χ4n) is 1.70. The summed E-state index contributed by atoms with van der Waals surface area (Å²) in [6.45, 7) is 0.0531. The summed E-state index contributed by atoms with van der Waals surface area (Å²) in [4.78, 5) is 0. The smallest absolute Gasteiger partial charge is 0.380 e. The van der Waals surface area contributed by atoms with Gasteiger partial charge in [-0.2, -0.15) is 13.2 Å². The molecule has 7 heteroatoms. The second-order valence-electron chi connectivity index (χ2n) is 4.28. The van der Waals surface area contributed by atoms with Gasteiger partial charge in [-0.05, 0) is 36.4 Å². The Bertz CT molecular complexity index is 656. The standard InChI is InChI=1S/C14H9Cl2F4N/c15-10-2-3-12(17)8(5-10)7-21-13-4-1-9(6-11(13)16)14(18,19)20/h1-6,21H,7H2. The molecule has 21 heavy (non-hydrogen) atoms. The predicted molar refractivity (Wildman–Crippen MR) is 75.2 cm³/mol. The fraction of sp³-hybridized carbons (Fsp3) is 0.143. The van der Waals surface area contributed by atoms with Crippen LogP contribution in [0.2, 0.25) is 10.0 Å². The van der Waals surface area contributed by atoms with E-state index in [1.54, 1.807) is 0 Å². The Kier molecular flexibility index (Phi) is 4.64. The lowest BCUT2D eigenvalue weighted by Gasteiger charge is -2.12. The average Bonchev–Trinajstić information content (AvgIpc) is 2.40. The topological polar surface area (TPSA) is 12.0 Å². The summed E-state index contributed by atoms with van der Waals surface area (Å²) in [6, 6.07) is 6.98. The first-order valence-electron chi connectivity index (χ1n) is 5.82. The van der Waals surface area contributed by atoms with Crippen LogP contribution in [-0.4, -0.2) is 0 Å². The molecular formula is C14H9Cl2F4N. The zero-order valence-electron chi connectivity index (χ0n) is 10.4. The molecule has 1 N–H and O–H groups in total. The average molecular weight is 338 g/mol. The molecule has 0 saturated carbocycles. The van der Waals surface area contributed by atoms with Crippen molar-refractivity contribution in [1.82, 2.24) is 0 Å². The second kappa shape index (κ2) is 6.12. The van der Waals surface area contributed by atoms with Crippen molar-refractivity contribution < 1.29 is 17.6 Å². The zero-order chi connectivity index (χ0) is 15.6. The van der Waals surface area contributed by atoms with Crippen LogP contribution in [0.15, 0.2) is 36.4 Å². The number of anilines is 1. The molecule has 0 heterocycles. The Balaban J connectivity index is 2.15. The molecule has 112 valence electrons. The largest absolute Gasteiger partial charge is 0.416 e. The number of benzene rings is 2. The number of rotatable bonds is 3. The van der Waals surface area contributed by atoms with Gasteiger partial charge in [0.1, 0.15) is 5.82 Å². The number of alkyl halides is 3. The Hall–Kier alpha value is -1.46. The predicted octanol–water partition coefficient (Wildman–Crippen LogP) is 5.76. The molecule has 0 fully saturated rings. The molecule has 0 atom stereocenters. The molecule has 0 saturated heterocycles. The van der Waals surface area contributed by atoms with E-state index >= 15 is 0 Å². The first-order valence-corrected chi connectivity index (χ1v) is 6.57. The molecule has 0 aromatic heterocycles. The lowest BCUT2D eigenvalue weighted by molar-refractivity contribution is -0.137. The van der Waals surface area contributed by atoms with Crippen LogP contribution in [0.5, 0.6) is 0 Å². The van der Waals surface area contributed by atoms with Gasteiger partial charge in [-0.15, -0.1) is 0 Å². The third-order valence-corrected chi connectivity index (χ3v) is 3.32. The van der Waals surface area contributed by atoms with Gasteiger partial charge >= 0.3 is 6.18 Å². The number of nitrogens with one attached hydrogen (secondary N) is 1. The highest BCUT2D eigenvalue weighted by Gasteiger charge is 2.30. The van der Waals surface area contributed by atoms with Crippen molar-refractivity contribution in [2.75, 3.05) is 5.32 Å². The third-order valence-electron chi connectivity index (χ3n) is 2.77. The Labute approximate surface area is 128 Å². The van der Waals surface area contributed by atoms with Gasteiger partial charge in [0.15, 0.2) is 0 Å². The van der Waals surface area contributed by atoms with E-state index < -0.39 is 17.6 Å². The number of hydrogen-bond donors (Lipinski definition) is 1. The quantitative estimate of drug-likeness (QED) is 0.701. The van der Waals surface area contributed by atoms with E-state index in [4.69, 9.17) is 23.2 Å². The lowest BCUT2D eigenvalue weighted by Crippen LogP contribution is -2.06. The summed E-state index contributed by atoms with van der Waals surface area (Å²) in [5.41, 5.74) is -0.269. The highest BCUT2D eigenvalue weighted by Crippen LogP contribution is 2.34. The van der Waals surface area contributed by atoms with Crippen molar-refractivity contribution in [2.45, 2.75) is 12.7 Å². The van der Waals surface area contributed by atoms with Gasteiger partial charge in [0.25, 0.3) is 0 Å². The van der Waals surface area contributed by atoms with Crippen LogP contribution in [-0.2, 0) is 12.7 Å². The Morgan fingerprint density at radius 2 is 1.71 bits per heavy atom. The minimum atomic E-state index is -4.46. The summed E-state index contributed by atoms with van der Waals surface area (Å²) in [5, 5.41) is 3.05. The molecule has 0 unspecified atom stereocenters. The maximum absolute atomic E-state index is 13.5. The van der Waals surface area contributed by atoms with Crippen LogP contribution in [0.4, 0.5) is 23.2 Å². The minimum Gasteiger partial charge on any atom is -0.380 e. The van der Waals surface area contributed by atoms with E-state index in [1.807, 2.05) is 0 Å². The maximum atomic E-state index is 13.5. The van der Waals surface area contributed by atoms with E-state index in [-0.39, 0.29) is 17.3 Å². The zero-order valence-corrected chi connectivity index (χ0v) is 12.0.